The fourth-order valence-electron chi connectivity index (χ4n) is 1.63. The van der Waals surface area contributed by atoms with Crippen LogP contribution in [0, 0.1) is 0 Å². The van der Waals surface area contributed by atoms with Gasteiger partial charge in [-0.2, -0.15) is 0 Å². The maximum atomic E-state index is 11.9. The fraction of sp³-hybridized carbons (Fsp3) is 0.500. The van der Waals surface area contributed by atoms with Gasteiger partial charge in [0.05, 0.1) is 6.61 Å². The lowest BCUT2D eigenvalue weighted by Gasteiger charge is -2.31. The normalized spacial score (nSPS) is 14.9. The molecule has 0 fully saturated rings. The Morgan fingerprint density at radius 2 is 1.30 bits per heavy atom. The first-order valence-corrected chi connectivity index (χ1v) is 7.94. The van der Waals surface area contributed by atoms with E-state index in [1.165, 1.54) is 20.8 Å². The molecule has 0 aromatic heterocycles. The van der Waals surface area contributed by atoms with Crippen molar-refractivity contribution < 1.29 is 43.9 Å². The molecule has 152 valence electrons. The van der Waals surface area contributed by atoms with Crippen molar-refractivity contribution >= 4 is 17.9 Å². The Balaban J connectivity index is 5.73. The van der Waals surface area contributed by atoms with E-state index < -0.39 is 55.5 Å². The molecule has 9 nitrogen and oxygen atoms in total. The number of ether oxygens (including phenoxy) is 3. The molecular weight excluding hydrogens is 360 g/mol. The summed E-state index contributed by atoms with van der Waals surface area (Å²) < 4.78 is 15.1. The van der Waals surface area contributed by atoms with Gasteiger partial charge < -0.3 is 29.5 Å². The standard InChI is InChI=1S/C18H26O9/c1-9(2)16(22)25-8-13(26-17(23)10(3)4)15(14(21)12(20)7-19)27-18(24)11(5)6/h12-15,19-21H,1,3,5,7-8H2,2,4,6H3/t12-,13+,14-,15-/m1/s1. The van der Waals surface area contributed by atoms with Gasteiger partial charge in [-0.25, -0.2) is 14.4 Å². The van der Waals surface area contributed by atoms with Gasteiger partial charge in [-0.15, -0.1) is 0 Å². The zero-order valence-electron chi connectivity index (χ0n) is 15.6. The zero-order chi connectivity index (χ0) is 21.3. The Bertz CT molecular complexity index is 608. The average Bonchev–Trinajstić information content (AvgIpc) is 2.60. The molecule has 0 aliphatic carbocycles. The van der Waals surface area contributed by atoms with Gasteiger partial charge in [0.25, 0.3) is 0 Å². The van der Waals surface area contributed by atoms with Crippen molar-refractivity contribution in [3.63, 3.8) is 0 Å². The molecule has 3 N–H and O–H groups in total. The van der Waals surface area contributed by atoms with Crippen molar-refractivity contribution in [1.29, 1.82) is 0 Å². The Kier molecular flexibility index (Phi) is 10.2. The van der Waals surface area contributed by atoms with Crippen LogP contribution < -0.4 is 0 Å². The van der Waals surface area contributed by atoms with E-state index in [4.69, 9.17) is 19.3 Å². The van der Waals surface area contributed by atoms with Crippen LogP contribution in [0.4, 0.5) is 0 Å². The number of hydrogen-bond donors (Lipinski definition) is 3. The van der Waals surface area contributed by atoms with Crippen molar-refractivity contribution in [3.8, 4) is 0 Å². The first kappa shape index (κ1) is 24.5. The Morgan fingerprint density at radius 3 is 1.70 bits per heavy atom. The van der Waals surface area contributed by atoms with Gasteiger partial charge in [0.2, 0.25) is 0 Å². The highest BCUT2D eigenvalue weighted by atomic mass is 16.6. The maximum Gasteiger partial charge on any atom is 0.333 e. The van der Waals surface area contributed by atoms with Crippen LogP contribution in [0.3, 0.4) is 0 Å². The third-order valence-electron chi connectivity index (χ3n) is 3.21. The summed E-state index contributed by atoms with van der Waals surface area (Å²) in [4.78, 5) is 35.4. The van der Waals surface area contributed by atoms with Gasteiger partial charge in [-0.3, -0.25) is 0 Å². The van der Waals surface area contributed by atoms with E-state index in [0.29, 0.717) is 0 Å². The fourth-order valence-corrected chi connectivity index (χ4v) is 1.63. The number of esters is 3. The van der Waals surface area contributed by atoms with E-state index in [2.05, 4.69) is 19.7 Å². The first-order valence-electron chi connectivity index (χ1n) is 7.94. The van der Waals surface area contributed by atoms with E-state index in [0.717, 1.165) is 0 Å². The highest BCUT2D eigenvalue weighted by molar-refractivity contribution is 5.88. The molecule has 0 bridgehead atoms. The van der Waals surface area contributed by atoms with Crippen LogP contribution in [0.25, 0.3) is 0 Å². The molecule has 4 atom stereocenters. The lowest BCUT2D eigenvalue weighted by atomic mass is 10.0. The van der Waals surface area contributed by atoms with Gasteiger partial charge in [-0.1, -0.05) is 19.7 Å². The highest BCUT2D eigenvalue weighted by Gasteiger charge is 2.39. The number of aliphatic hydroxyl groups excluding tert-OH is 3. The van der Waals surface area contributed by atoms with Gasteiger partial charge in [0.1, 0.15) is 18.8 Å². The van der Waals surface area contributed by atoms with E-state index in [-0.39, 0.29) is 16.7 Å². The third kappa shape index (κ3) is 8.16. The van der Waals surface area contributed by atoms with Crippen molar-refractivity contribution in [2.45, 2.75) is 45.2 Å². The van der Waals surface area contributed by atoms with Crippen LogP contribution in [-0.4, -0.2) is 70.9 Å². The first-order chi connectivity index (χ1) is 12.4. The summed E-state index contributed by atoms with van der Waals surface area (Å²) in [6.07, 6.45) is -6.75. The largest absolute Gasteiger partial charge is 0.458 e. The molecule has 0 radical (unpaired) electrons. The second kappa shape index (κ2) is 11.3. The lowest BCUT2D eigenvalue weighted by Crippen LogP contribution is -2.51. The number of carbonyl (C=O) groups is 3. The highest BCUT2D eigenvalue weighted by Crippen LogP contribution is 2.17. The molecule has 0 aliphatic rings. The maximum absolute atomic E-state index is 11.9. The second-order valence-electron chi connectivity index (χ2n) is 5.99. The number of rotatable bonds is 11. The summed E-state index contributed by atoms with van der Waals surface area (Å²) in [5, 5.41) is 29.0. The van der Waals surface area contributed by atoms with Crippen LogP contribution in [0.1, 0.15) is 20.8 Å². The summed E-state index contributed by atoms with van der Waals surface area (Å²) in [5.74, 6) is -2.67. The molecule has 0 heterocycles. The molecule has 0 saturated carbocycles. The van der Waals surface area contributed by atoms with Gasteiger partial charge in [0.15, 0.2) is 12.2 Å². The van der Waals surface area contributed by atoms with Crippen molar-refractivity contribution in [1.82, 2.24) is 0 Å². The van der Waals surface area contributed by atoms with Gasteiger partial charge in [-0.05, 0) is 20.8 Å². The van der Waals surface area contributed by atoms with E-state index >= 15 is 0 Å². The smallest absolute Gasteiger partial charge is 0.333 e. The van der Waals surface area contributed by atoms with Crippen molar-refractivity contribution in [2.75, 3.05) is 13.2 Å². The minimum Gasteiger partial charge on any atom is -0.458 e. The van der Waals surface area contributed by atoms with Crippen LogP contribution in [-0.2, 0) is 28.6 Å². The predicted molar refractivity (Wildman–Crippen MR) is 94.3 cm³/mol. The van der Waals surface area contributed by atoms with Gasteiger partial charge >= 0.3 is 17.9 Å². The second-order valence-corrected chi connectivity index (χ2v) is 5.99. The molecule has 27 heavy (non-hydrogen) atoms. The Morgan fingerprint density at radius 1 is 0.852 bits per heavy atom. The van der Waals surface area contributed by atoms with Crippen LogP contribution >= 0.6 is 0 Å². The summed E-state index contributed by atoms with van der Waals surface area (Å²) in [6.45, 7) is 12.8. The molecular formula is C18H26O9. The summed E-state index contributed by atoms with van der Waals surface area (Å²) in [6, 6.07) is 0. The minimum absolute atomic E-state index is 0.00611. The summed E-state index contributed by atoms with van der Waals surface area (Å²) in [7, 11) is 0. The number of carbonyl (C=O) groups excluding carboxylic acids is 3. The summed E-state index contributed by atoms with van der Waals surface area (Å²) in [5.41, 5.74) is 0.0226. The minimum atomic E-state index is -1.86. The molecule has 0 amide bonds. The van der Waals surface area contributed by atoms with Crippen LogP contribution in [0.5, 0.6) is 0 Å². The Labute approximate surface area is 157 Å². The molecule has 0 saturated heterocycles. The monoisotopic (exact) mass is 386 g/mol. The van der Waals surface area contributed by atoms with E-state index in [1.54, 1.807) is 0 Å². The van der Waals surface area contributed by atoms with Crippen LogP contribution in [0.15, 0.2) is 36.5 Å². The Hall–Kier alpha value is -2.49. The lowest BCUT2D eigenvalue weighted by molar-refractivity contribution is -0.188. The SMILES string of the molecule is C=C(C)C(=O)OC[C@H](OC(=O)C(=C)C)[C@@H](OC(=O)C(=C)C)[C@H](O)[C@H](O)CO. The van der Waals surface area contributed by atoms with Crippen molar-refractivity contribution in [2.24, 2.45) is 0 Å². The zero-order valence-corrected chi connectivity index (χ0v) is 15.6. The topological polar surface area (TPSA) is 140 Å². The quantitative estimate of drug-likeness (QED) is 0.250. The van der Waals surface area contributed by atoms with Crippen molar-refractivity contribution in [3.05, 3.63) is 36.5 Å². The molecule has 9 heteroatoms. The molecule has 0 aromatic carbocycles. The van der Waals surface area contributed by atoms with E-state index in [9.17, 15) is 24.6 Å². The van der Waals surface area contributed by atoms with E-state index in [1.807, 2.05) is 0 Å². The molecule has 0 spiro atoms. The molecule has 0 aromatic rings. The molecule has 0 unspecified atom stereocenters. The number of hydrogen-bond acceptors (Lipinski definition) is 9. The molecule has 0 aliphatic heterocycles. The molecule has 0 rings (SSSR count). The third-order valence-corrected chi connectivity index (χ3v) is 3.21. The predicted octanol–water partition coefficient (Wildman–Crippen LogP) is -0.204. The number of aliphatic hydroxyl groups is 3. The van der Waals surface area contributed by atoms with Crippen LogP contribution in [0.2, 0.25) is 0 Å². The average molecular weight is 386 g/mol. The summed E-state index contributed by atoms with van der Waals surface area (Å²) >= 11 is 0. The van der Waals surface area contributed by atoms with Gasteiger partial charge in [0, 0.05) is 16.7 Å².